The molecule has 0 fully saturated rings. The molecule has 0 aliphatic heterocycles. The van der Waals surface area contributed by atoms with Gasteiger partial charge in [-0.25, -0.2) is 0 Å². The van der Waals surface area contributed by atoms with E-state index in [2.05, 4.69) is 11.6 Å². The number of anilines is 1. The fourth-order valence-corrected chi connectivity index (χ4v) is 1.44. The third-order valence-electron chi connectivity index (χ3n) is 2.28. The summed E-state index contributed by atoms with van der Waals surface area (Å²) in [6, 6.07) is 7.65. The van der Waals surface area contributed by atoms with Gasteiger partial charge in [0.25, 0.3) is 0 Å². The van der Waals surface area contributed by atoms with Gasteiger partial charge in [0, 0.05) is 19.8 Å². The smallest absolute Gasteiger partial charge is 0.150 e. The van der Waals surface area contributed by atoms with Crippen LogP contribution in [0.2, 0.25) is 0 Å². The minimum Gasteiger partial charge on any atom is -0.497 e. The molecule has 0 spiro atoms. The Kier molecular flexibility index (Phi) is 3.94. The van der Waals surface area contributed by atoms with Crippen molar-refractivity contribution < 1.29 is 4.74 Å². The van der Waals surface area contributed by atoms with Crippen LogP contribution in [0, 0.1) is 0 Å². The van der Waals surface area contributed by atoms with Crippen molar-refractivity contribution in [2.75, 3.05) is 26.1 Å². The standard InChI is InChI=1S/C12H17N3O/c1-9(13)12(14-2)15(3)10-5-7-11(16-4)8-6-10/h5-8H,1,13H2,2-4H3. The first-order valence-electron chi connectivity index (χ1n) is 4.89. The Morgan fingerprint density at radius 1 is 1.38 bits per heavy atom. The normalized spacial score (nSPS) is 11.1. The third kappa shape index (κ3) is 2.53. The number of hydrogen-bond acceptors (Lipinski definition) is 3. The van der Waals surface area contributed by atoms with E-state index in [0.29, 0.717) is 11.5 Å². The van der Waals surface area contributed by atoms with E-state index in [9.17, 15) is 0 Å². The number of rotatable bonds is 3. The first-order valence-corrected chi connectivity index (χ1v) is 4.89. The number of hydrogen-bond donors (Lipinski definition) is 1. The van der Waals surface area contributed by atoms with Crippen LogP contribution in [0.5, 0.6) is 5.75 Å². The van der Waals surface area contributed by atoms with Crippen molar-refractivity contribution >= 4 is 11.5 Å². The maximum absolute atomic E-state index is 5.65. The second kappa shape index (κ2) is 5.21. The summed E-state index contributed by atoms with van der Waals surface area (Å²) in [5.74, 6) is 1.48. The molecule has 86 valence electrons. The van der Waals surface area contributed by atoms with Crippen molar-refractivity contribution in [3.63, 3.8) is 0 Å². The first kappa shape index (κ1) is 12.1. The zero-order valence-corrected chi connectivity index (χ0v) is 9.90. The lowest BCUT2D eigenvalue weighted by molar-refractivity contribution is 0.415. The molecule has 0 saturated heterocycles. The number of benzene rings is 1. The third-order valence-corrected chi connectivity index (χ3v) is 2.28. The largest absolute Gasteiger partial charge is 0.497 e. The van der Waals surface area contributed by atoms with Gasteiger partial charge in [0.15, 0.2) is 0 Å². The van der Waals surface area contributed by atoms with Gasteiger partial charge in [-0.3, -0.25) is 4.99 Å². The highest BCUT2D eigenvalue weighted by molar-refractivity contribution is 6.08. The molecule has 0 unspecified atom stereocenters. The van der Waals surface area contributed by atoms with Gasteiger partial charge in [-0.1, -0.05) is 6.58 Å². The maximum atomic E-state index is 5.65. The number of aliphatic imine (C=N–C) groups is 1. The fraction of sp³-hybridized carbons (Fsp3) is 0.250. The first-order chi connectivity index (χ1) is 7.60. The number of nitrogens with zero attached hydrogens (tertiary/aromatic N) is 2. The van der Waals surface area contributed by atoms with E-state index >= 15 is 0 Å². The molecule has 2 N–H and O–H groups in total. The number of methoxy groups -OCH3 is 1. The van der Waals surface area contributed by atoms with Gasteiger partial charge < -0.3 is 15.4 Å². The van der Waals surface area contributed by atoms with Crippen LogP contribution >= 0.6 is 0 Å². The average Bonchev–Trinajstić information content (AvgIpc) is 2.29. The maximum Gasteiger partial charge on any atom is 0.150 e. The molecule has 0 aromatic heterocycles. The van der Waals surface area contributed by atoms with Gasteiger partial charge in [-0.05, 0) is 24.3 Å². The van der Waals surface area contributed by atoms with E-state index in [0.717, 1.165) is 11.4 Å². The lowest BCUT2D eigenvalue weighted by Crippen LogP contribution is -2.30. The quantitative estimate of drug-likeness (QED) is 0.621. The van der Waals surface area contributed by atoms with E-state index in [1.807, 2.05) is 36.2 Å². The molecule has 0 amide bonds. The highest BCUT2D eigenvalue weighted by Crippen LogP contribution is 2.19. The molecule has 1 aromatic carbocycles. The van der Waals surface area contributed by atoms with Gasteiger partial charge in [-0.15, -0.1) is 0 Å². The van der Waals surface area contributed by atoms with E-state index in [-0.39, 0.29) is 0 Å². The van der Waals surface area contributed by atoms with Gasteiger partial charge in [0.05, 0.1) is 12.8 Å². The lowest BCUT2D eigenvalue weighted by atomic mass is 10.2. The zero-order valence-electron chi connectivity index (χ0n) is 9.90. The summed E-state index contributed by atoms with van der Waals surface area (Å²) in [5, 5.41) is 0. The Balaban J connectivity index is 2.95. The molecule has 4 nitrogen and oxygen atoms in total. The molecule has 0 bridgehead atoms. The molecular weight excluding hydrogens is 202 g/mol. The molecule has 4 heteroatoms. The molecule has 1 rings (SSSR count). The van der Waals surface area contributed by atoms with Crippen LogP contribution in [0.25, 0.3) is 0 Å². The molecule has 0 heterocycles. The minimum absolute atomic E-state index is 0.445. The van der Waals surface area contributed by atoms with E-state index in [1.54, 1.807) is 14.2 Å². The van der Waals surface area contributed by atoms with E-state index in [1.165, 1.54) is 0 Å². The number of ether oxygens (including phenoxy) is 1. The highest BCUT2D eigenvalue weighted by atomic mass is 16.5. The molecule has 0 saturated carbocycles. The van der Waals surface area contributed by atoms with Crippen LogP contribution in [0.3, 0.4) is 0 Å². The van der Waals surface area contributed by atoms with Gasteiger partial charge in [-0.2, -0.15) is 0 Å². The summed E-state index contributed by atoms with van der Waals surface area (Å²) < 4.78 is 5.09. The lowest BCUT2D eigenvalue weighted by Gasteiger charge is -2.21. The Bertz CT molecular complexity index is 395. The van der Waals surface area contributed by atoms with Crippen molar-refractivity contribution in [1.82, 2.24) is 0 Å². The summed E-state index contributed by atoms with van der Waals surface area (Å²) in [5.41, 5.74) is 7.07. The molecule has 0 aliphatic rings. The van der Waals surface area contributed by atoms with Crippen molar-refractivity contribution in [2.24, 2.45) is 10.7 Å². The van der Waals surface area contributed by atoms with E-state index < -0.39 is 0 Å². The number of nitrogens with two attached hydrogens (primary N) is 1. The Labute approximate surface area is 96.0 Å². The summed E-state index contributed by atoms with van der Waals surface area (Å²) in [4.78, 5) is 5.97. The van der Waals surface area contributed by atoms with Crippen LogP contribution in [-0.4, -0.2) is 27.0 Å². The number of likely N-dealkylation sites (N-methyl/N-ethyl adjacent to an activating group) is 1. The highest BCUT2D eigenvalue weighted by Gasteiger charge is 2.09. The molecule has 0 radical (unpaired) electrons. The van der Waals surface area contributed by atoms with Crippen LogP contribution in [-0.2, 0) is 0 Å². The van der Waals surface area contributed by atoms with Gasteiger partial charge >= 0.3 is 0 Å². The summed E-state index contributed by atoms with van der Waals surface area (Å²) in [6.45, 7) is 3.69. The second-order valence-electron chi connectivity index (χ2n) is 3.33. The Hall–Kier alpha value is -1.97. The SMILES string of the molecule is C=C(N)C(=NC)N(C)c1ccc(OC)cc1. The van der Waals surface area contributed by atoms with Crippen LogP contribution < -0.4 is 15.4 Å². The van der Waals surface area contributed by atoms with E-state index in [4.69, 9.17) is 10.5 Å². The second-order valence-corrected chi connectivity index (χ2v) is 3.33. The predicted molar refractivity (Wildman–Crippen MR) is 68.1 cm³/mol. The molecule has 1 aromatic rings. The summed E-state index contributed by atoms with van der Waals surface area (Å²) in [7, 11) is 5.22. The fourth-order valence-electron chi connectivity index (χ4n) is 1.44. The monoisotopic (exact) mass is 219 g/mol. The summed E-state index contributed by atoms with van der Waals surface area (Å²) in [6.07, 6.45) is 0. The molecular formula is C12H17N3O. The molecule has 0 atom stereocenters. The van der Waals surface area contributed by atoms with Crippen molar-refractivity contribution in [3.8, 4) is 5.75 Å². The topological polar surface area (TPSA) is 50.8 Å². The van der Waals surface area contributed by atoms with Gasteiger partial charge in [0.1, 0.15) is 11.6 Å². The van der Waals surface area contributed by atoms with Gasteiger partial charge in [0.2, 0.25) is 0 Å². The zero-order chi connectivity index (χ0) is 12.1. The Morgan fingerprint density at radius 2 is 1.94 bits per heavy atom. The van der Waals surface area contributed by atoms with Crippen LogP contribution in [0.4, 0.5) is 5.69 Å². The predicted octanol–water partition coefficient (Wildman–Crippen LogP) is 1.63. The van der Waals surface area contributed by atoms with Crippen molar-refractivity contribution in [3.05, 3.63) is 36.5 Å². The minimum atomic E-state index is 0.445. The summed E-state index contributed by atoms with van der Waals surface area (Å²) >= 11 is 0. The molecule has 0 aliphatic carbocycles. The molecule has 16 heavy (non-hydrogen) atoms. The average molecular weight is 219 g/mol. The van der Waals surface area contributed by atoms with Crippen molar-refractivity contribution in [1.29, 1.82) is 0 Å². The number of amidine groups is 1. The van der Waals surface area contributed by atoms with Crippen LogP contribution in [0.1, 0.15) is 0 Å². The Morgan fingerprint density at radius 3 is 2.31 bits per heavy atom. The van der Waals surface area contributed by atoms with Crippen LogP contribution in [0.15, 0.2) is 41.5 Å². The van der Waals surface area contributed by atoms with Crippen molar-refractivity contribution in [2.45, 2.75) is 0 Å².